The molecule has 1 aliphatic heterocycles. The van der Waals surface area contributed by atoms with Crippen LogP contribution in [0.15, 0.2) is 35.1 Å². The number of nitrogens with zero attached hydrogens (tertiary/aromatic N) is 3. The SMILES string of the molecule is C[C@H]1Cn2c(cc(OCc3cccc(C#N)c3)nc2=O)N1.S. The molecule has 1 aromatic heterocycles. The zero-order chi connectivity index (χ0) is 14.8. The molecule has 0 saturated heterocycles. The van der Waals surface area contributed by atoms with E-state index in [9.17, 15) is 4.79 Å². The van der Waals surface area contributed by atoms with Crippen molar-refractivity contribution in [1.29, 1.82) is 5.26 Å². The number of benzene rings is 1. The molecule has 7 heteroatoms. The van der Waals surface area contributed by atoms with Crippen LogP contribution in [0.2, 0.25) is 0 Å². The van der Waals surface area contributed by atoms with Gasteiger partial charge in [0.25, 0.3) is 0 Å². The topological polar surface area (TPSA) is 79.9 Å². The lowest BCUT2D eigenvalue weighted by Crippen LogP contribution is -2.22. The molecule has 22 heavy (non-hydrogen) atoms. The normalized spacial score (nSPS) is 15.2. The van der Waals surface area contributed by atoms with Crippen LogP contribution in [0.5, 0.6) is 5.88 Å². The number of nitriles is 1. The summed E-state index contributed by atoms with van der Waals surface area (Å²) in [4.78, 5) is 15.8. The van der Waals surface area contributed by atoms with Crippen LogP contribution in [0.4, 0.5) is 5.82 Å². The maximum atomic E-state index is 11.9. The van der Waals surface area contributed by atoms with Gasteiger partial charge in [-0.2, -0.15) is 23.7 Å². The van der Waals surface area contributed by atoms with E-state index >= 15 is 0 Å². The Morgan fingerprint density at radius 3 is 3.09 bits per heavy atom. The number of hydrogen-bond acceptors (Lipinski definition) is 5. The predicted molar refractivity (Wildman–Crippen MR) is 87.5 cm³/mol. The van der Waals surface area contributed by atoms with Gasteiger partial charge in [0.1, 0.15) is 12.4 Å². The highest BCUT2D eigenvalue weighted by atomic mass is 32.1. The minimum Gasteiger partial charge on any atom is -0.473 e. The molecule has 0 aliphatic carbocycles. The minimum absolute atomic E-state index is 0. The van der Waals surface area contributed by atoms with Gasteiger partial charge in [-0.15, -0.1) is 0 Å². The fourth-order valence-electron chi connectivity index (χ4n) is 2.31. The van der Waals surface area contributed by atoms with Gasteiger partial charge >= 0.3 is 5.69 Å². The van der Waals surface area contributed by atoms with E-state index in [-0.39, 0.29) is 37.7 Å². The number of fused-ring (bicyclic) bond motifs is 1. The molecule has 0 amide bonds. The standard InChI is InChI=1S/C15H14N4O2.H2S/c1-10-8-19-13(17-10)6-14(18-15(19)20)21-9-12-4-2-3-11(5-12)7-16;/h2-6,10,17H,8-9H2,1H3;1H2/t10-;/m0./s1. The van der Waals surface area contributed by atoms with Gasteiger partial charge in [0, 0.05) is 18.7 Å². The molecule has 1 aliphatic rings. The molecule has 0 unspecified atom stereocenters. The zero-order valence-corrected chi connectivity index (χ0v) is 13.0. The van der Waals surface area contributed by atoms with Crippen molar-refractivity contribution in [2.75, 3.05) is 5.32 Å². The van der Waals surface area contributed by atoms with Crippen LogP contribution in [0, 0.1) is 11.3 Å². The van der Waals surface area contributed by atoms with E-state index in [4.69, 9.17) is 10.00 Å². The number of aromatic nitrogens is 2. The third kappa shape index (κ3) is 3.23. The van der Waals surface area contributed by atoms with E-state index in [0.717, 1.165) is 11.4 Å². The monoisotopic (exact) mass is 316 g/mol. The van der Waals surface area contributed by atoms with Gasteiger partial charge < -0.3 is 10.1 Å². The molecule has 1 atom stereocenters. The van der Waals surface area contributed by atoms with Crippen LogP contribution in [-0.4, -0.2) is 15.6 Å². The summed E-state index contributed by atoms with van der Waals surface area (Å²) < 4.78 is 7.15. The second-order valence-electron chi connectivity index (χ2n) is 5.02. The fraction of sp³-hybridized carbons (Fsp3) is 0.267. The maximum Gasteiger partial charge on any atom is 0.352 e. The van der Waals surface area contributed by atoms with Gasteiger partial charge in [0.05, 0.1) is 11.6 Å². The van der Waals surface area contributed by atoms with Crippen molar-refractivity contribution in [3.05, 3.63) is 51.9 Å². The molecular formula is C15H16N4O2S. The number of nitrogens with one attached hydrogen (secondary N) is 1. The van der Waals surface area contributed by atoms with E-state index in [1.54, 1.807) is 28.8 Å². The smallest absolute Gasteiger partial charge is 0.352 e. The van der Waals surface area contributed by atoms with Crippen molar-refractivity contribution < 1.29 is 4.74 Å². The van der Waals surface area contributed by atoms with Crippen LogP contribution >= 0.6 is 13.5 Å². The Hall–Kier alpha value is -2.46. The molecule has 3 rings (SSSR count). The summed E-state index contributed by atoms with van der Waals surface area (Å²) in [5, 5.41) is 12.1. The van der Waals surface area contributed by atoms with Gasteiger partial charge in [-0.1, -0.05) is 12.1 Å². The molecule has 2 aromatic rings. The van der Waals surface area contributed by atoms with Gasteiger partial charge in [-0.3, -0.25) is 4.57 Å². The molecule has 0 spiro atoms. The molecular weight excluding hydrogens is 300 g/mol. The molecule has 114 valence electrons. The average Bonchev–Trinajstić information content (AvgIpc) is 2.86. The number of anilines is 1. The summed E-state index contributed by atoms with van der Waals surface area (Å²) in [5.41, 5.74) is 1.12. The van der Waals surface area contributed by atoms with Crippen molar-refractivity contribution in [3.8, 4) is 11.9 Å². The Balaban J connectivity index is 0.00000176. The van der Waals surface area contributed by atoms with Crippen LogP contribution in [0.3, 0.4) is 0 Å². The quantitative estimate of drug-likeness (QED) is 0.931. The molecule has 0 fully saturated rings. The van der Waals surface area contributed by atoms with Gasteiger partial charge in [0.15, 0.2) is 0 Å². The highest BCUT2D eigenvalue weighted by Gasteiger charge is 2.19. The minimum atomic E-state index is -0.315. The molecule has 0 saturated carbocycles. The van der Waals surface area contributed by atoms with Gasteiger partial charge in [-0.05, 0) is 24.6 Å². The van der Waals surface area contributed by atoms with E-state index in [0.29, 0.717) is 12.1 Å². The summed E-state index contributed by atoms with van der Waals surface area (Å²) in [6, 6.07) is 11.2. The van der Waals surface area contributed by atoms with E-state index in [2.05, 4.69) is 16.4 Å². The Labute approximate surface area is 134 Å². The lowest BCUT2D eigenvalue weighted by Gasteiger charge is -2.07. The average molecular weight is 316 g/mol. The van der Waals surface area contributed by atoms with E-state index in [1.165, 1.54) is 0 Å². The zero-order valence-electron chi connectivity index (χ0n) is 12.0. The van der Waals surface area contributed by atoms with Crippen LogP contribution in [-0.2, 0) is 13.2 Å². The van der Waals surface area contributed by atoms with Crippen molar-refractivity contribution in [2.45, 2.75) is 26.1 Å². The van der Waals surface area contributed by atoms with Gasteiger partial charge in [0.2, 0.25) is 5.88 Å². The molecule has 1 N–H and O–H groups in total. The highest BCUT2D eigenvalue weighted by Crippen LogP contribution is 2.19. The van der Waals surface area contributed by atoms with Crippen LogP contribution in [0.1, 0.15) is 18.1 Å². The molecule has 0 radical (unpaired) electrons. The number of ether oxygens (including phenoxy) is 1. The number of hydrogen-bond donors (Lipinski definition) is 1. The first kappa shape index (κ1) is 15.9. The first-order valence-corrected chi connectivity index (χ1v) is 6.66. The molecule has 2 heterocycles. The highest BCUT2D eigenvalue weighted by molar-refractivity contribution is 7.59. The fourth-order valence-corrected chi connectivity index (χ4v) is 2.31. The van der Waals surface area contributed by atoms with Crippen molar-refractivity contribution in [1.82, 2.24) is 9.55 Å². The summed E-state index contributed by atoms with van der Waals surface area (Å²) in [6.45, 7) is 2.88. The Morgan fingerprint density at radius 2 is 2.32 bits per heavy atom. The van der Waals surface area contributed by atoms with E-state index in [1.807, 2.05) is 13.0 Å². The van der Waals surface area contributed by atoms with Crippen LogP contribution in [0.25, 0.3) is 0 Å². The Kier molecular flexibility index (Phi) is 4.73. The lowest BCUT2D eigenvalue weighted by molar-refractivity contribution is 0.291. The second kappa shape index (κ2) is 6.54. The molecule has 1 aromatic carbocycles. The van der Waals surface area contributed by atoms with Crippen molar-refractivity contribution in [2.24, 2.45) is 0 Å². The predicted octanol–water partition coefficient (Wildman–Crippen LogP) is 1.62. The Bertz CT molecular complexity index is 782. The largest absolute Gasteiger partial charge is 0.473 e. The summed E-state index contributed by atoms with van der Waals surface area (Å²) >= 11 is 0. The van der Waals surface area contributed by atoms with Crippen molar-refractivity contribution in [3.63, 3.8) is 0 Å². The first-order chi connectivity index (χ1) is 10.2. The second-order valence-corrected chi connectivity index (χ2v) is 5.02. The molecule has 6 nitrogen and oxygen atoms in total. The summed E-state index contributed by atoms with van der Waals surface area (Å²) in [5.74, 6) is 1.01. The number of rotatable bonds is 3. The first-order valence-electron chi connectivity index (χ1n) is 6.66. The third-order valence-electron chi connectivity index (χ3n) is 3.28. The Morgan fingerprint density at radius 1 is 1.50 bits per heavy atom. The maximum absolute atomic E-state index is 11.9. The lowest BCUT2D eigenvalue weighted by atomic mass is 10.1. The van der Waals surface area contributed by atoms with Crippen molar-refractivity contribution >= 4 is 19.3 Å². The summed E-state index contributed by atoms with van der Waals surface area (Å²) in [6.07, 6.45) is 0. The van der Waals surface area contributed by atoms with Crippen LogP contribution < -0.4 is 15.7 Å². The third-order valence-corrected chi connectivity index (χ3v) is 3.28. The van der Waals surface area contributed by atoms with Gasteiger partial charge in [-0.25, -0.2) is 4.79 Å². The molecule has 0 bridgehead atoms. The summed E-state index contributed by atoms with van der Waals surface area (Å²) in [7, 11) is 0. The van der Waals surface area contributed by atoms with E-state index < -0.39 is 0 Å².